The van der Waals surface area contributed by atoms with Crippen LogP contribution in [0.1, 0.15) is 18.1 Å². The molecule has 1 aromatic heterocycles. The first-order valence-electron chi connectivity index (χ1n) is 3.48. The van der Waals surface area contributed by atoms with Crippen molar-refractivity contribution in [2.24, 2.45) is 5.73 Å². The lowest BCUT2D eigenvalue weighted by molar-refractivity contribution is 1.10. The van der Waals surface area contributed by atoms with Crippen LogP contribution in [-0.4, -0.2) is 9.97 Å². The maximum absolute atomic E-state index is 5.49. The third-order valence-corrected chi connectivity index (χ3v) is 1.77. The van der Waals surface area contributed by atoms with E-state index in [4.69, 9.17) is 18.0 Å². The number of aromatic nitrogens is 1. The van der Waals surface area contributed by atoms with Crippen LogP contribution in [0.25, 0.3) is 0 Å². The molecule has 1 rings (SSSR count). The molecule has 0 aliphatic rings. The van der Waals surface area contributed by atoms with Crippen LogP contribution in [0.15, 0.2) is 18.5 Å². The average molecular weight is 166 g/mol. The Morgan fingerprint density at radius 3 is 2.91 bits per heavy atom. The van der Waals surface area contributed by atoms with E-state index < -0.39 is 0 Å². The van der Waals surface area contributed by atoms with Crippen molar-refractivity contribution in [2.75, 3.05) is 0 Å². The van der Waals surface area contributed by atoms with E-state index in [2.05, 4.69) is 11.9 Å². The molecule has 0 bridgehead atoms. The maximum Gasteiger partial charge on any atom is 0.104 e. The van der Waals surface area contributed by atoms with Gasteiger partial charge in [-0.15, -0.1) is 0 Å². The minimum atomic E-state index is 0.448. The Morgan fingerprint density at radius 1 is 1.73 bits per heavy atom. The van der Waals surface area contributed by atoms with E-state index in [1.54, 1.807) is 12.4 Å². The molecule has 0 saturated carbocycles. The normalized spacial score (nSPS) is 9.55. The summed E-state index contributed by atoms with van der Waals surface area (Å²) < 4.78 is 0. The van der Waals surface area contributed by atoms with Crippen LogP contribution in [0.5, 0.6) is 0 Å². The number of pyridine rings is 1. The average Bonchev–Trinajstić information content (AvgIpc) is 2.04. The standard InChI is InChI=1S/C8H10N2S/c1-2-6-5-10-4-3-7(6)8(9)11/h3-5H,2H2,1H3,(H2,9,11). The van der Waals surface area contributed by atoms with E-state index in [0.29, 0.717) is 4.99 Å². The Morgan fingerprint density at radius 2 is 2.45 bits per heavy atom. The number of rotatable bonds is 2. The fraction of sp³-hybridized carbons (Fsp3) is 0.250. The zero-order valence-corrected chi connectivity index (χ0v) is 7.19. The van der Waals surface area contributed by atoms with Crippen molar-refractivity contribution in [3.8, 4) is 0 Å². The van der Waals surface area contributed by atoms with Crippen LogP contribution in [0.2, 0.25) is 0 Å². The summed E-state index contributed by atoms with van der Waals surface area (Å²) in [6.45, 7) is 2.05. The molecular formula is C8H10N2S. The van der Waals surface area contributed by atoms with E-state index in [9.17, 15) is 0 Å². The Labute approximate surface area is 71.4 Å². The quantitative estimate of drug-likeness (QED) is 0.673. The molecule has 1 aromatic rings. The van der Waals surface area contributed by atoms with Gasteiger partial charge >= 0.3 is 0 Å². The van der Waals surface area contributed by atoms with Gasteiger partial charge in [0, 0.05) is 18.0 Å². The van der Waals surface area contributed by atoms with Gasteiger partial charge < -0.3 is 5.73 Å². The minimum Gasteiger partial charge on any atom is -0.389 e. The summed E-state index contributed by atoms with van der Waals surface area (Å²) in [5, 5.41) is 0. The van der Waals surface area contributed by atoms with Crippen molar-refractivity contribution in [3.63, 3.8) is 0 Å². The Hall–Kier alpha value is -0.960. The number of nitrogens with zero attached hydrogens (tertiary/aromatic N) is 1. The number of nitrogens with two attached hydrogens (primary N) is 1. The lowest BCUT2D eigenvalue weighted by atomic mass is 10.1. The van der Waals surface area contributed by atoms with Crippen molar-refractivity contribution >= 4 is 17.2 Å². The molecule has 2 N–H and O–H groups in total. The van der Waals surface area contributed by atoms with Crippen LogP contribution < -0.4 is 5.73 Å². The topological polar surface area (TPSA) is 38.9 Å². The molecule has 0 aromatic carbocycles. The molecule has 0 amide bonds. The summed E-state index contributed by atoms with van der Waals surface area (Å²) >= 11 is 4.87. The van der Waals surface area contributed by atoms with Crippen molar-refractivity contribution in [2.45, 2.75) is 13.3 Å². The summed E-state index contributed by atoms with van der Waals surface area (Å²) in [6, 6.07) is 1.85. The second-order valence-corrected chi connectivity index (χ2v) is 2.69. The Kier molecular flexibility index (Phi) is 2.54. The van der Waals surface area contributed by atoms with E-state index in [-0.39, 0.29) is 0 Å². The van der Waals surface area contributed by atoms with Crippen molar-refractivity contribution in [1.29, 1.82) is 0 Å². The number of aryl methyl sites for hydroxylation is 1. The van der Waals surface area contributed by atoms with Gasteiger partial charge in [0.1, 0.15) is 4.99 Å². The van der Waals surface area contributed by atoms with Gasteiger partial charge in [0.15, 0.2) is 0 Å². The molecule has 0 unspecified atom stereocenters. The molecule has 0 aliphatic heterocycles. The minimum absolute atomic E-state index is 0.448. The van der Waals surface area contributed by atoms with Gasteiger partial charge in [-0.3, -0.25) is 4.98 Å². The highest BCUT2D eigenvalue weighted by atomic mass is 32.1. The summed E-state index contributed by atoms with van der Waals surface area (Å²) in [5.74, 6) is 0. The number of hydrogen-bond donors (Lipinski definition) is 1. The maximum atomic E-state index is 5.49. The first-order chi connectivity index (χ1) is 5.25. The fourth-order valence-electron chi connectivity index (χ4n) is 0.949. The van der Waals surface area contributed by atoms with Gasteiger partial charge in [0.05, 0.1) is 0 Å². The second-order valence-electron chi connectivity index (χ2n) is 2.25. The Bertz CT molecular complexity index is 271. The Balaban J connectivity index is 3.12. The zero-order chi connectivity index (χ0) is 8.27. The highest BCUT2D eigenvalue weighted by Gasteiger charge is 2.00. The lowest BCUT2D eigenvalue weighted by Gasteiger charge is -2.02. The van der Waals surface area contributed by atoms with Crippen LogP contribution in [0.4, 0.5) is 0 Å². The molecule has 0 aliphatic carbocycles. The lowest BCUT2D eigenvalue weighted by Crippen LogP contribution is -2.12. The van der Waals surface area contributed by atoms with Crippen LogP contribution in [-0.2, 0) is 6.42 Å². The summed E-state index contributed by atoms with van der Waals surface area (Å²) in [6.07, 6.45) is 4.42. The molecule has 0 fully saturated rings. The van der Waals surface area contributed by atoms with Gasteiger partial charge in [-0.05, 0) is 18.1 Å². The molecule has 3 heteroatoms. The van der Waals surface area contributed by atoms with Gasteiger partial charge in [0.25, 0.3) is 0 Å². The van der Waals surface area contributed by atoms with Crippen molar-refractivity contribution in [1.82, 2.24) is 4.98 Å². The zero-order valence-electron chi connectivity index (χ0n) is 6.37. The molecule has 11 heavy (non-hydrogen) atoms. The van der Waals surface area contributed by atoms with Crippen molar-refractivity contribution in [3.05, 3.63) is 29.6 Å². The second kappa shape index (κ2) is 3.44. The largest absolute Gasteiger partial charge is 0.389 e. The van der Waals surface area contributed by atoms with E-state index in [1.807, 2.05) is 6.07 Å². The predicted octanol–water partition coefficient (Wildman–Crippen LogP) is 1.28. The molecule has 0 radical (unpaired) electrons. The molecular weight excluding hydrogens is 156 g/mol. The first-order valence-corrected chi connectivity index (χ1v) is 3.89. The highest BCUT2D eigenvalue weighted by molar-refractivity contribution is 7.80. The summed E-state index contributed by atoms with van der Waals surface area (Å²) in [7, 11) is 0. The van der Waals surface area contributed by atoms with Gasteiger partial charge in [-0.25, -0.2) is 0 Å². The monoisotopic (exact) mass is 166 g/mol. The SMILES string of the molecule is CCc1cnccc1C(N)=S. The van der Waals surface area contributed by atoms with Crippen LogP contribution in [0.3, 0.4) is 0 Å². The smallest absolute Gasteiger partial charge is 0.104 e. The number of thiocarbonyl (C=S) groups is 1. The highest BCUT2D eigenvalue weighted by Crippen LogP contribution is 2.06. The van der Waals surface area contributed by atoms with Gasteiger partial charge in [-0.1, -0.05) is 19.1 Å². The number of hydrogen-bond acceptors (Lipinski definition) is 2. The third kappa shape index (κ3) is 1.74. The summed E-state index contributed by atoms with van der Waals surface area (Å²) in [4.78, 5) is 4.43. The van der Waals surface area contributed by atoms with E-state index in [0.717, 1.165) is 17.5 Å². The molecule has 0 spiro atoms. The first kappa shape index (κ1) is 8.14. The molecule has 0 saturated heterocycles. The fourth-order valence-corrected chi connectivity index (χ4v) is 1.15. The van der Waals surface area contributed by atoms with Crippen LogP contribution >= 0.6 is 12.2 Å². The van der Waals surface area contributed by atoms with E-state index >= 15 is 0 Å². The molecule has 58 valence electrons. The predicted molar refractivity (Wildman–Crippen MR) is 49.5 cm³/mol. The van der Waals surface area contributed by atoms with Gasteiger partial charge in [0.2, 0.25) is 0 Å². The van der Waals surface area contributed by atoms with Crippen molar-refractivity contribution < 1.29 is 0 Å². The van der Waals surface area contributed by atoms with E-state index in [1.165, 1.54) is 0 Å². The summed E-state index contributed by atoms with van der Waals surface area (Å²) in [5.41, 5.74) is 7.55. The third-order valence-electron chi connectivity index (χ3n) is 1.55. The molecule has 0 atom stereocenters. The molecule has 2 nitrogen and oxygen atoms in total. The molecule has 1 heterocycles. The van der Waals surface area contributed by atoms with Crippen LogP contribution in [0, 0.1) is 0 Å². The van der Waals surface area contributed by atoms with Gasteiger partial charge in [-0.2, -0.15) is 0 Å².